The van der Waals surface area contributed by atoms with Crippen LogP contribution in [-0.2, 0) is 49.0 Å². The van der Waals surface area contributed by atoms with Gasteiger partial charge in [-0.15, -0.1) is 23.2 Å². The molecule has 6 atom stereocenters. The van der Waals surface area contributed by atoms with Gasteiger partial charge < -0.3 is 43.7 Å². The lowest BCUT2D eigenvalue weighted by Gasteiger charge is -2.47. The predicted molar refractivity (Wildman–Crippen MR) is 353 cm³/mol. The highest BCUT2D eigenvalue weighted by atomic mass is 35.5. The Kier molecular flexibility index (Phi) is 24.7. The molecule has 8 rings (SSSR count). The van der Waals surface area contributed by atoms with Gasteiger partial charge in [-0.05, 0) is 160 Å². The fourth-order valence-corrected chi connectivity index (χ4v) is 13.0. The Balaban J connectivity index is 0.000000298. The Morgan fingerprint density at radius 2 is 0.947 bits per heavy atom. The van der Waals surface area contributed by atoms with Gasteiger partial charge in [0.15, 0.2) is 0 Å². The van der Waals surface area contributed by atoms with Crippen molar-refractivity contribution in [2.45, 2.75) is 164 Å². The largest absolute Gasteiger partial charge is 0.490 e. The van der Waals surface area contributed by atoms with Crippen molar-refractivity contribution in [3.05, 3.63) is 140 Å². The average Bonchev–Trinajstić information content (AvgIpc) is 1.54. The number of non-ortho nitro benzene ring substituents is 2. The van der Waals surface area contributed by atoms with Crippen molar-refractivity contribution < 1.29 is 80.9 Å². The van der Waals surface area contributed by atoms with Gasteiger partial charge in [-0.25, -0.2) is 4.79 Å². The van der Waals surface area contributed by atoms with Crippen LogP contribution < -0.4 is 19.3 Å². The Hall–Kier alpha value is -7.92. The quantitative estimate of drug-likeness (QED) is 0.0274. The van der Waals surface area contributed by atoms with Crippen LogP contribution in [0.1, 0.15) is 152 Å². The number of nitro benzene ring substituents is 2. The van der Waals surface area contributed by atoms with E-state index in [9.17, 15) is 57.7 Å². The molecule has 4 aromatic carbocycles. The molecule has 2 N–H and O–H groups in total. The van der Waals surface area contributed by atoms with Gasteiger partial charge in [0.2, 0.25) is 11.4 Å². The molecule has 25 heteroatoms. The zero-order valence-electron chi connectivity index (χ0n) is 55.9. The van der Waals surface area contributed by atoms with Crippen molar-refractivity contribution >= 4 is 87.9 Å². The molecule has 0 aromatic heterocycles. The van der Waals surface area contributed by atoms with E-state index in [1.165, 1.54) is 24.3 Å². The number of carboxylic acids is 2. The fraction of sp³-hybridized carbons (Fsp3) is 0.522. The number of nitro groups is 2. The minimum absolute atomic E-state index is 0.00359. The maximum absolute atomic E-state index is 13.7. The molecule has 6 unspecified atom stereocenters. The summed E-state index contributed by atoms with van der Waals surface area (Å²) in [7, 11) is 0. The van der Waals surface area contributed by atoms with Crippen molar-refractivity contribution in [1.82, 2.24) is 0 Å². The average molecular weight is 1360 g/mol. The number of carbonyl (C=O) groups excluding carboxylic acids is 3. The zero-order chi connectivity index (χ0) is 70.9. The maximum atomic E-state index is 13.7. The van der Waals surface area contributed by atoms with Crippen LogP contribution >= 0.6 is 23.2 Å². The molecule has 0 aliphatic carbocycles. The first kappa shape index (κ1) is 76.8. The van der Waals surface area contributed by atoms with Crippen molar-refractivity contribution in [3.8, 4) is 11.5 Å². The van der Waals surface area contributed by atoms with E-state index >= 15 is 0 Å². The van der Waals surface area contributed by atoms with E-state index in [4.69, 9.17) is 56.8 Å². The number of ether oxygens (including phenoxy) is 5. The van der Waals surface area contributed by atoms with Crippen LogP contribution in [0.5, 0.6) is 11.5 Å². The molecule has 4 aliphatic heterocycles. The SMILES string of the molecule is CC(C)CC(C)(CC(C)C(=O)O)C(=O)OCCN1c2ccccc2C(C)(C)C12C=Cc1cc([N+](=O)[O-])ccc1O2.CC(C)CC(C)(CC(C)C(=O)OC(C)(C)C)C(=O)OCCN1c2ccccc2C(C)(C)C12C=Cc1cc([N+](=O)[O-])ccc1O2.ClCCl.O=C(O)C(F)(F)F. The smallest absolute Gasteiger partial charge is 0.481 e. The summed E-state index contributed by atoms with van der Waals surface area (Å²) in [5.41, 5.74) is -0.0840. The monoisotopic (exact) mass is 1350 g/mol. The highest BCUT2D eigenvalue weighted by molar-refractivity contribution is 6.40. The summed E-state index contributed by atoms with van der Waals surface area (Å²) in [6.45, 7) is 29.9. The molecule has 20 nitrogen and oxygen atoms in total. The van der Waals surface area contributed by atoms with E-state index in [2.05, 4.69) is 63.5 Å². The van der Waals surface area contributed by atoms with E-state index in [0.29, 0.717) is 55.0 Å². The second-order valence-electron chi connectivity index (χ2n) is 27.4. The number of para-hydroxylation sites is 2. The molecule has 4 heterocycles. The minimum atomic E-state index is -5.08. The molecule has 514 valence electrons. The van der Waals surface area contributed by atoms with Crippen LogP contribution in [0.3, 0.4) is 0 Å². The number of hydrogen-bond acceptors (Lipinski definition) is 16. The van der Waals surface area contributed by atoms with Gasteiger partial charge in [0.1, 0.15) is 30.3 Å². The van der Waals surface area contributed by atoms with Crippen LogP contribution in [0.15, 0.2) is 97.1 Å². The number of halogens is 5. The number of alkyl halides is 5. The van der Waals surface area contributed by atoms with Crippen LogP contribution in [0.25, 0.3) is 12.2 Å². The van der Waals surface area contributed by atoms with Gasteiger partial charge in [0.05, 0.1) is 61.8 Å². The normalized spacial score (nSPS) is 19.4. The van der Waals surface area contributed by atoms with Crippen molar-refractivity contribution in [2.75, 3.05) is 41.4 Å². The van der Waals surface area contributed by atoms with Gasteiger partial charge in [-0.1, -0.05) is 77.9 Å². The fourth-order valence-electron chi connectivity index (χ4n) is 13.0. The Morgan fingerprint density at radius 1 is 0.596 bits per heavy atom. The van der Waals surface area contributed by atoms with Gasteiger partial charge in [0, 0.05) is 46.8 Å². The lowest BCUT2D eigenvalue weighted by atomic mass is 9.75. The number of nitrogens with zero attached hydrogens (tertiary/aromatic N) is 4. The molecule has 2 spiro atoms. The Morgan fingerprint density at radius 3 is 1.27 bits per heavy atom. The summed E-state index contributed by atoms with van der Waals surface area (Å²) in [4.78, 5) is 86.3. The first-order valence-corrected chi connectivity index (χ1v) is 31.8. The van der Waals surface area contributed by atoms with E-state index in [-0.39, 0.29) is 60.1 Å². The van der Waals surface area contributed by atoms with E-state index in [0.717, 1.165) is 22.5 Å². The number of carboxylic acid groups (broad SMARTS) is 2. The van der Waals surface area contributed by atoms with Crippen molar-refractivity contribution in [3.63, 3.8) is 0 Å². The molecule has 0 bridgehead atoms. The number of anilines is 2. The number of fused-ring (bicyclic) bond motifs is 4. The molecule has 0 saturated carbocycles. The summed E-state index contributed by atoms with van der Waals surface area (Å²) >= 11 is 9.53. The Labute approximate surface area is 557 Å². The zero-order valence-corrected chi connectivity index (χ0v) is 57.4. The number of rotatable bonds is 20. The molecule has 4 aromatic rings. The molecule has 0 saturated heterocycles. The number of benzene rings is 4. The van der Waals surface area contributed by atoms with Crippen LogP contribution in [0.4, 0.5) is 35.9 Å². The topological polar surface area (TPSA) is 265 Å². The second kappa shape index (κ2) is 30.2. The highest BCUT2D eigenvalue weighted by Gasteiger charge is 2.60. The van der Waals surface area contributed by atoms with Crippen molar-refractivity contribution in [2.24, 2.45) is 34.5 Å². The third-order valence-corrected chi connectivity index (χ3v) is 17.0. The van der Waals surface area contributed by atoms with Crippen LogP contribution in [0.2, 0.25) is 0 Å². The number of carbonyl (C=O) groups is 5. The third-order valence-electron chi connectivity index (χ3n) is 17.0. The number of hydrogen-bond donors (Lipinski definition) is 2. The molecular weight excluding hydrogens is 1270 g/mol. The lowest BCUT2D eigenvalue weighted by Crippen LogP contribution is -2.60. The molecular formula is C69H87Cl2F3N4O16. The van der Waals surface area contributed by atoms with Crippen LogP contribution in [0, 0.1) is 54.7 Å². The molecule has 0 fully saturated rings. The third kappa shape index (κ3) is 17.3. The molecule has 4 aliphatic rings. The molecule has 0 amide bonds. The van der Waals surface area contributed by atoms with Crippen LogP contribution in [-0.4, -0.2) is 105 Å². The Bertz CT molecular complexity index is 3500. The van der Waals surface area contributed by atoms with Gasteiger partial charge >= 0.3 is 36.0 Å². The van der Waals surface area contributed by atoms with Crippen molar-refractivity contribution in [1.29, 1.82) is 0 Å². The first-order chi connectivity index (χ1) is 43.5. The van der Waals surface area contributed by atoms with Gasteiger partial charge in [-0.3, -0.25) is 39.4 Å². The van der Waals surface area contributed by atoms with E-state index < -0.39 is 84.5 Å². The predicted octanol–water partition coefficient (Wildman–Crippen LogP) is 15.7. The standard InChI is InChI=1S/C35H46N2O7.C31H38N2O7.C2HF3O2.CH2Cl2/c1-23(2)21-34(9,22-24(3)30(38)44-32(4,5)6)31(39)42-19-18-36-28-13-11-10-12-27(28)33(7,8)35(36)17-16-25-20-26(37(40)41)14-15-29(25)43-35;1-20(2)18-30(6,19-21(3)27(34)35)28(36)39-16-15-32-25-10-8-7-9-24(25)29(4,5)31(32)14-13-22-17-23(33(37)38)11-12-26(22)40-31;3-2(4,5)1(6)7;2-1-3/h10-17,20,23-24H,18-19,21-22H2,1-9H3;7-14,17,20-21H,15-16,18-19H2,1-6H3,(H,34,35);(H,6,7);1H2. The van der Waals surface area contributed by atoms with Gasteiger partial charge in [0.25, 0.3) is 11.4 Å². The number of aliphatic carboxylic acids is 2. The van der Waals surface area contributed by atoms with E-state index in [1.807, 2.05) is 102 Å². The highest BCUT2D eigenvalue weighted by Crippen LogP contribution is 2.57. The summed E-state index contributed by atoms with van der Waals surface area (Å²) in [5.74, 6) is -4.46. The molecule has 0 radical (unpaired) electrons. The molecule has 94 heavy (non-hydrogen) atoms. The summed E-state index contributed by atoms with van der Waals surface area (Å²) in [6, 6.07) is 25.2. The minimum Gasteiger partial charge on any atom is -0.481 e. The first-order valence-electron chi connectivity index (χ1n) is 30.8. The van der Waals surface area contributed by atoms with E-state index in [1.54, 1.807) is 32.9 Å². The lowest BCUT2D eigenvalue weighted by molar-refractivity contribution is -0.385. The maximum Gasteiger partial charge on any atom is 0.490 e. The summed E-state index contributed by atoms with van der Waals surface area (Å²) in [6.07, 6.45) is 4.11. The summed E-state index contributed by atoms with van der Waals surface area (Å²) < 4.78 is 62.6. The number of esters is 3. The summed E-state index contributed by atoms with van der Waals surface area (Å²) in [5, 5.41) is 39.4. The second-order valence-corrected chi connectivity index (χ2v) is 28.2. The van der Waals surface area contributed by atoms with Gasteiger partial charge in [-0.2, -0.15) is 13.2 Å².